The molecule has 8 nitrogen and oxygen atoms in total. The standard InChI is InChI=1S/C20H24N2O6S/c1-10(2)27-20(25)17-13-7-5-6-8-14(13)29-18(17)21-15(23)9-26-19(24)16-11(3)22-28-12(16)4/h10H,5-9H2,1-4H3,(H,21,23). The van der Waals surface area contributed by atoms with E-state index in [0.717, 1.165) is 36.1 Å². The third kappa shape index (κ3) is 4.67. The highest BCUT2D eigenvalue weighted by Crippen LogP contribution is 2.38. The van der Waals surface area contributed by atoms with E-state index in [2.05, 4.69) is 10.5 Å². The van der Waals surface area contributed by atoms with Crippen LogP contribution in [0.3, 0.4) is 0 Å². The molecular weight excluding hydrogens is 396 g/mol. The van der Waals surface area contributed by atoms with Gasteiger partial charge in [-0.25, -0.2) is 9.59 Å². The average Bonchev–Trinajstić information content (AvgIpc) is 3.18. The Balaban J connectivity index is 1.72. The number of hydrogen-bond acceptors (Lipinski definition) is 8. The summed E-state index contributed by atoms with van der Waals surface area (Å²) in [5.74, 6) is -1.32. The number of esters is 2. The van der Waals surface area contributed by atoms with Gasteiger partial charge in [0.1, 0.15) is 16.3 Å². The zero-order valence-corrected chi connectivity index (χ0v) is 17.7. The molecule has 1 amide bonds. The number of hydrogen-bond donors (Lipinski definition) is 1. The van der Waals surface area contributed by atoms with E-state index in [9.17, 15) is 14.4 Å². The number of thiophene rings is 1. The van der Waals surface area contributed by atoms with Crippen molar-refractivity contribution in [2.75, 3.05) is 11.9 Å². The predicted molar refractivity (Wildman–Crippen MR) is 106 cm³/mol. The van der Waals surface area contributed by atoms with Gasteiger partial charge in [-0.3, -0.25) is 4.79 Å². The van der Waals surface area contributed by atoms with E-state index in [1.807, 2.05) is 0 Å². The molecule has 0 radical (unpaired) electrons. The number of aryl methyl sites for hydroxylation is 3. The first-order valence-electron chi connectivity index (χ1n) is 9.53. The molecule has 0 atom stereocenters. The van der Waals surface area contributed by atoms with Gasteiger partial charge in [0, 0.05) is 4.88 Å². The number of nitrogens with one attached hydrogen (secondary N) is 1. The van der Waals surface area contributed by atoms with Gasteiger partial charge in [0.2, 0.25) is 0 Å². The van der Waals surface area contributed by atoms with Crippen molar-refractivity contribution in [2.24, 2.45) is 0 Å². The highest BCUT2D eigenvalue weighted by atomic mass is 32.1. The quantitative estimate of drug-likeness (QED) is 0.712. The zero-order chi connectivity index (χ0) is 21.1. The van der Waals surface area contributed by atoms with E-state index >= 15 is 0 Å². The fraction of sp³-hybridized carbons (Fsp3) is 0.500. The molecule has 0 aliphatic heterocycles. The Bertz CT molecular complexity index is 924. The van der Waals surface area contributed by atoms with Gasteiger partial charge < -0.3 is 19.3 Å². The number of rotatable bonds is 6. The molecule has 0 fully saturated rings. The lowest BCUT2D eigenvalue weighted by atomic mass is 9.95. The van der Waals surface area contributed by atoms with Crippen LogP contribution in [0.2, 0.25) is 0 Å². The van der Waals surface area contributed by atoms with Crippen LogP contribution in [0.5, 0.6) is 0 Å². The van der Waals surface area contributed by atoms with E-state index in [1.54, 1.807) is 27.7 Å². The van der Waals surface area contributed by atoms with E-state index in [-0.39, 0.29) is 11.7 Å². The van der Waals surface area contributed by atoms with Gasteiger partial charge in [0.25, 0.3) is 5.91 Å². The van der Waals surface area contributed by atoms with Crippen LogP contribution in [-0.2, 0) is 27.1 Å². The summed E-state index contributed by atoms with van der Waals surface area (Å²) in [4.78, 5) is 38.3. The third-order valence-corrected chi connectivity index (χ3v) is 5.75. The molecule has 0 saturated heterocycles. The summed E-state index contributed by atoms with van der Waals surface area (Å²) in [5, 5.41) is 6.86. The van der Waals surface area contributed by atoms with Crippen molar-refractivity contribution in [3.63, 3.8) is 0 Å². The predicted octanol–water partition coefficient (Wildman–Crippen LogP) is 3.59. The van der Waals surface area contributed by atoms with Gasteiger partial charge in [-0.15, -0.1) is 11.3 Å². The normalized spacial score (nSPS) is 13.1. The summed E-state index contributed by atoms with van der Waals surface area (Å²) in [6.45, 7) is 6.30. The second-order valence-corrected chi connectivity index (χ2v) is 8.30. The molecule has 0 saturated carbocycles. The van der Waals surface area contributed by atoms with Crippen LogP contribution in [0.1, 0.15) is 69.3 Å². The van der Waals surface area contributed by atoms with Crippen molar-refractivity contribution in [3.8, 4) is 0 Å². The third-order valence-electron chi connectivity index (χ3n) is 4.54. The summed E-state index contributed by atoms with van der Waals surface area (Å²) < 4.78 is 15.4. The molecular formula is C20H24N2O6S. The highest BCUT2D eigenvalue weighted by molar-refractivity contribution is 7.17. The van der Waals surface area contributed by atoms with Gasteiger partial charge in [-0.1, -0.05) is 5.16 Å². The van der Waals surface area contributed by atoms with Crippen LogP contribution >= 0.6 is 11.3 Å². The lowest BCUT2D eigenvalue weighted by molar-refractivity contribution is -0.119. The SMILES string of the molecule is Cc1noc(C)c1C(=O)OCC(=O)Nc1sc2c(c1C(=O)OC(C)C)CCCC2. The number of carbonyl (C=O) groups excluding carboxylic acids is 3. The Kier molecular flexibility index (Phi) is 6.36. The molecule has 1 N–H and O–H groups in total. The van der Waals surface area contributed by atoms with Gasteiger partial charge in [0.05, 0.1) is 17.4 Å². The van der Waals surface area contributed by atoms with Crippen LogP contribution in [0, 0.1) is 13.8 Å². The first kappa shape index (κ1) is 21.0. The Morgan fingerprint density at radius 3 is 2.52 bits per heavy atom. The summed E-state index contributed by atoms with van der Waals surface area (Å²) in [6, 6.07) is 0. The topological polar surface area (TPSA) is 108 Å². The Labute approximate surface area is 172 Å². The van der Waals surface area contributed by atoms with Crippen LogP contribution < -0.4 is 5.32 Å². The lowest BCUT2D eigenvalue weighted by Crippen LogP contribution is -2.22. The van der Waals surface area contributed by atoms with E-state index in [1.165, 1.54) is 11.3 Å². The van der Waals surface area contributed by atoms with Crippen molar-refractivity contribution in [3.05, 3.63) is 33.0 Å². The van der Waals surface area contributed by atoms with Gasteiger partial charge in [-0.05, 0) is 58.9 Å². The van der Waals surface area contributed by atoms with Crippen LogP contribution in [0.4, 0.5) is 5.00 Å². The maximum Gasteiger partial charge on any atom is 0.344 e. The maximum atomic E-state index is 12.6. The molecule has 0 unspecified atom stereocenters. The number of amides is 1. The monoisotopic (exact) mass is 420 g/mol. The van der Waals surface area contributed by atoms with Crippen molar-refractivity contribution < 1.29 is 28.4 Å². The summed E-state index contributed by atoms with van der Waals surface area (Å²) >= 11 is 1.38. The molecule has 9 heteroatoms. The number of anilines is 1. The van der Waals surface area contributed by atoms with Crippen molar-refractivity contribution >= 4 is 34.2 Å². The van der Waals surface area contributed by atoms with Crippen LogP contribution in [-0.4, -0.2) is 35.7 Å². The van der Waals surface area contributed by atoms with Crippen molar-refractivity contribution in [1.82, 2.24) is 5.16 Å². The molecule has 3 rings (SSSR count). The summed E-state index contributed by atoms with van der Waals surface area (Å²) in [7, 11) is 0. The second-order valence-electron chi connectivity index (χ2n) is 7.19. The van der Waals surface area contributed by atoms with Crippen LogP contribution in [0.25, 0.3) is 0 Å². The smallest absolute Gasteiger partial charge is 0.344 e. The fourth-order valence-electron chi connectivity index (χ4n) is 3.28. The minimum absolute atomic E-state index is 0.214. The van der Waals surface area contributed by atoms with Gasteiger partial charge in [0.15, 0.2) is 6.61 Å². The minimum Gasteiger partial charge on any atom is -0.459 e. The molecule has 0 bridgehead atoms. The molecule has 0 spiro atoms. The maximum absolute atomic E-state index is 12.6. The van der Waals surface area contributed by atoms with Gasteiger partial charge >= 0.3 is 11.9 Å². The molecule has 2 aromatic heterocycles. The fourth-order valence-corrected chi connectivity index (χ4v) is 4.58. The number of fused-ring (bicyclic) bond motifs is 1. The average molecular weight is 420 g/mol. The second kappa shape index (κ2) is 8.77. The largest absolute Gasteiger partial charge is 0.459 e. The molecule has 2 heterocycles. The molecule has 156 valence electrons. The minimum atomic E-state index is -0.679. The van der Waals surface area contributed by atoms with E-state index in [4.69, 9.17) is 14.0 Å². The highest BCUT2D eigenvalue weighted by Gasteiger charge is 2.28. The molecule has 29 heavy (non-hydrogen) atoms. The Morgan fingerprint density at radius 1 is 1.14 bits per heavy atom. The first-order chi connectivity index (χ1) is 13.8. The van der Waals surface area contributed by atoms with E-state index < -0.39 is 24.5 Å². The number of ether oxygens (including phenoxy) is 2. The molecule has 0 aromatic carbocycles. The van der Waals surface area contributed by atoms with Gasteiger partial charge in [-0.2, -0.15) is 0 Å². The molecule has 1 aliphatic carbocycles. The van der Waals surface area contributed by atoms with E-state index in [0.29, 0.717) is 22.0 Å². The van der Waals surface area contributed by atoms with Crippen molar-refractivity contribution in [2.45, 2.75) is 59.5 Å². The summed E-state index contributed by atoms with van der Waals surface area (Å²) in [6.07, 6.45) is 3.44. The Morgan fingerprint density at radius 2 is 1.86 bits per heavy atom. The zero-order valence-electron chi connectivity index (χ0n) is 16.9. The van der Waals surface area contributed by atoms with Crippen LogP contribution in [0.15, 0.2) is 4.52 Å². The Hall–Kier alpha value is -2.68. The number of aromatic nitrogens is 1. The lowest BCUT2D eigenvalue weighted by Gasteiger charge is -2.14. The summed E-state index contributed by atoms with van der Waals surface area (Å²) in [5.41, 5.74) is 1.99. The molecule has 1 aliphatic rings. The molecule has 2 aromatic rings. The number of carbonyl (C=O) groups is 3. The first-order valence-corrected chi connectivity index (χ1v) is 10.3. The van der Waals surface area contributed by atoms with Crippen molar-refractivity contribution in [1.29, 1.82) is 0 Å². The number of nitrogens with zero attached hydrogens (tertiary/aromatic N) is 1.